The lowest BCUT2D eigenvalue weighted by Crippen LogP contribution is -2.45. The van der Waals surface area contributed by atoms with Gasteiger partial charge in [0.1, 0.15) is 16.9 Å². The molecule has 0 aliphatic carbocycles. The second-order valence-corrected chi connectivity index (χ2v) is 10.4. The Balaban J connectivity index is 1.84. The molecule has 0 fully saturated rings. The predicted molar refractivity (Wildman–Crippen MR) is 165 cm³/mol. The number of fused-ring (bicyclic) bond motifs is 3. The third-order valence-corrected chi connectivity index (χ3v) is 7.39. The van der Waals surface area contributed by atoms with Crippen LogP contribution < -0.4 is 43.0 Å². The number of benzene rings is 2. The lowest BCUT2D eigenvalue weighted by Gasteiger charge is -2.25. The van der Waals surface area contributed by atoms with Crippen molar-refractivity contribution in [3.8, 4) is 22.8 Å². The summed E-state index contributed by atoms with van der Waals surface area (Å²) < 4.78 is 19.2. The molecule has 0 radical (unpaired) electrons. The first-order chi connectivity index (χ1) is 21.0. The van der Waals surface area contributed by atoms with Crippen LogP contribution in [0.1, 0.15) is 29.2 Å². The normalized spacial score (nSPS) is 12.9. The van der Waals surface area contributed by atoms with Crippen molar-refractivity contribution < 1.29 is 23.8 Å². The molecular weight excluding hydrogens is 566 g/mol. The zero-order chi connectivity index (χ0) is 32.1. The van der Waals surface area contributed by atoms with Crippen LogP contribution in [0.2, 0.25) is 0 Å². The number of hydrazine groups is 1. The van der Waals surface area contributed by atoms with Crippen molar-refractivity contribution in [2.75, 3.05) is 27.4 Å². The van der Waals surface area contributed by atoms with Gasteiger partial charge in [0, 0.05) is 31.3 Å². The number of amides is 1. The molecule has 13 heteroatoms. The van der Waals surface area contributed by atoms with Gasteiger partial charge in [0.2, 0.25) is 0 Å². The molecular formula is C31H39N7O6. The Morgan fingerprint density at radius 1 is 1.05 bits per heavy atom. The fourth-order valence-corrected chi connectivity index (χ4v) is 5.38. The van der Waals surface area contributed by atoms with Gasteiger partial charge in [-0.25, -0.2) is 14.6 Å². The number of methoxy groups -OCH3 is 2. The number of nitrogens with one attached hydrogen (secondary N) is 2. The summed E-state index contributed by atoms with van der Waals surface area (Å²) in [4.78, 5) is 43.6. The number of aryl methyl sites for hydroxylation is 4. The van der Waals surface area contributed by atoms with Crippen molar-refractivity contribution in [3.63, 3.8) is 0 Å². The highest BCUT2D eigenvalue weighted by atomic mass is 16.5. The van der Waals surface area contributed by atoms with E-state index >= 15 is 0 Å². The number of carbonyl (C=O) groups is 2. The van der Waals surface area contributed by atoms with E-state index in [1.54, 1.807) is 11.7 Å². The molecule has 44 heavy (non-hydrogen) atoms. The van der Waals surface area contributed by atoms with Gasteiger partial charge < -0.3 is 30.7 Å². The van der Waals surface area contributed by atoms with E-state index in [2.05, 4.69) is 15.5 Å². The maximum absolute atomic E-state index is 14.1. The summed E-state index contributed by atoms with van der Waals surface area (Å²) in [5.74, 6) is 5.01. The zero-order valence-corrected chi connectivity index (χ0v) is 25.9. The SMILES string of the molecule is CCOc1cc2c(cc1OC)-c1cc(=Nc3c(C)cc(C)cc3C)n(CCNC(=O)/C(NN)=C(/N)C(=O)OC)c(=O)n1CC2. The van der Waals surface area contributed by atoms with Gasteiger partial charge in [0.15, 0.2) is 11.5 Å². The van der Waals surface area contributed by atoms with E-state index in [1.807, 2.05) is 58.0 Å². The highest BCUT2D eigenvalue weighted by Gasteiger charge is 2.23. The molecule has 1 aromatic heterocycles. The number of carbonyl (C=O) groups excluding carboxylic acids is 2. The van der Waals surface area contributed by atoms with Crippen molar-refractivity contribution in [1.29, 1.82) is 0 Å². The summed E-state index contributed by atoms with van der Waals surface area (Å²) in [5, 5.41) is 2.65. The van der Waals surface area contributed by atoms with Gasteiger partial charge in [-0.3, -0.25) is 19.8 Å². The number of nitrogens with zero attached hydrogens (tertiary/aromatic N) is 3. The van der Waals surface area contributed by atoms with Gasteiger partial charge in [0.05, 0.1) is 32.2 Å². The number of rotatable bonds is 10. The molecule has 0 spiro atoms. The first-order valence-electron chi connectivity index (χ1n) is 14.2. The Hall–Kier alpha value is -5.04. The van der Waals surface area contributed by atoms with E-state index in [0.29, 0.717) is 42.3 Å². The molecule has 0 atom stereocenters. The van der Waals surface area contributed by atoms with Crippen molar-refractivity contribution in [1.82, 2.24) is 19.9 Å². The lowest BCUT2D eigenvalue weighted by molar-refractivity contribution is -0.136. The number of esters is 1. The maximum atomic E-state index is 14.1. The Morgan fingerprint density at radius 3 is 2.36 bits per heavy atom. The van der Waals surface area contributed by atoms with E-state index < -0.39 is 17.6 Å². The van der Waals surface area contributed by atoms with E-state index in [1.165, 1.54) is 4.57 Å². The fraction of sp³-hybridized carbons (Fsp3) is 0.355. The standard InChI is InChI=1S/C31H39N7O6/c1-7-44-24-14-20-8-10-37-22(21(20)15-23(24)42-5)16-25(35-27-18(3)12-17(2)13-19(27)4)38(31(37)41)11-9-34-29(39)28(36-33)26(32)30(40)43-6/h12-16,36H,7-11,32-33H2,1-6H3,(H,34,39)/b28-26-,35-25?. The van der Waals surface area contributed by atoms with Crippen LogP contribution in [0.5, 0.6) is 11.5 Å². The second kappa shape index (κ2) is 13.5. The number of hydrogen-bond donors (Lipinski definition) is 4. The van der Waals surface area contributed by atoms with Crippen molar-refractivity contribution in [3.05, 3.63) is 80.0 Å². The molecule has 0 saturated heterocycles. The topological polar surface area (TPSA) is 177 Å². The van der Waals surface area contributed by atoms with Crippen molar-refractivity contribution >= 4 is 17.6 Å². The smallest absolute Gasteiger partial charge is 0.356 e. The average Bonchev–Trinajstić information content (AvgIpc) is 2.99. The monoisotopic (exact) mass is 605 g/mol. The molecule has 234 valence electrons. The first kappa shape index (κ1) is 31.9. The number of aromatic nitrogens is 2. The minimum Gasteiger partial charge on any atom is -0.493 e. The van der Waals surface area contributed by atoms with Crippen LogP contribution in [0, 0.1) is 20.8 Å². The van der Waals surface area contributed by atoms with Crippen LogP contribution in [0.25, 0.3) is 11.3 Å². The minimum absolute atomic E-state index is 0.00816. The molecule has 0 bridgehead atoms. The number of hydrogen-bond acceptors (Lipinski definition) is 10. The van der Waals surface area contributed by atoms with E-state index in [-0.39, 0.29) is 24.5 Å². The Bertz CT molecular complexity index is 1750. The third kappa shape index (κ3) is 6.32. The largest absolute Gasteiger partial charge is 0.493 e. The number of nitrogens with two attached hydrogens (primary N) is 2. The Kier molecular flexibility index (Phi) is 9.79. The van der Waals surface area contributed by atoms with E-state index in [4.69, 9.17) is 26.0 Å². The maximum Gasteiger partial charge on any atom is 0.356 e. The third-order valence-electron chi connectivity index (χ3n) is 7.39. The Morgan fingerprint density at radius 2 is 1.75 bits per heavy atom. The lowest BCUT2D eigenvalue weighted by atomic mass is 9.97. The molecule has 2 heterocycles. The highest BCUT2D eigenvalue weighted by molar-refractivity contribution is 6.01. The predicted octanol–water partition coefficient (Wildman–Crippen LogP) is 1.36. The quantitative estimate of drug-likeness (QED) is 0.115. The highest BCUT2D eigenvalue weighted by Crippen LogP contribution is 2.37. The van der Waals surface area contributed by atoms with Crippen LogP contribution in [0.4, 0.5) is 5.69 Å². The van der Waals surface area contributed by atoms with Crippen LogP contribution in [-0.2, 0) is 33.8 Å². The van der Waals surface area contributed by atoms with Gasteiger partial charge in [-0.1, -0.05) is 17.7 Å². The molecule has 0 saturated carbocycles. The minimum atomic E-state index is -0.911. The molecule has 1 aliphatic rings. The van der Waals surface area contributed by atoms with Gasteiger partial charge in [-0.05, 0) is 62.9 Å². The molecule has 13 nitrogen and oxygen atoms in total. The van der Waals surface area contributed by atoms with Crippen LogP contribution in [-0.4, -0.2) is 48.4 Å². The second-order valence-electron chi connectivity index (χ2n) is 10.4. The van der Waals surface area contributed by atoms with Crippen LogP contribution >= 0.6 is 0 Å². The molecule has 6 N–H and O–H groups in total. The van der Waals surface area contributed by atoms with Crippen molar-refractivity contribution in [2.24, 2.45) is 16.6 Å². The number of ether oxygens (including phenoxy) is 3. The fourth-order valence-electron chi connectivity index (χ4n) is 5.38. The molecule has 4 rings (SSSR count). The van der Waals surface area contributed by atoms with Crippen LogP contribution in [0.15, 0.2) is 51.5 Å². The van der Waals surface area contributed by atoms with Gasteiger partial charge in [-0.2, -0.15) is 0 Å². The average molecular weight is 606 g/mol. The Labute approximate surface area is 255 Å². The summed E-state index contributed by atoms with van der Waals surface area (Å²) >= 11 is 0. The molecule has 3 aromatic rings. The summed E-state index contributed by atoms with van der Waals surface area (Å²) in [5.41, 5.74) is 13.5. The molecule has 1 aliphatic heterocycles. The van der Waals surface area contributed by atoms with E-state index in [9.17, 15) is 14.4 Å². The van der Waals surface area contributed by atoms with E-state index in [0.717, 1.165) is 40.6 Å². The van der Waals surface area contributed by atoms with Gasteiger partial charge >= 0.3 is 11.7 Å². The molecule has 2 aromatic carbocycles. The van der Waals surface area contributed by atoms with Gasteiger partial charge in [-0.15, -0.1) is 0 Å². The zero-order valence-electron chi connectivity index (χ0n) is 25.9. The van der Waals surface area contributed by atoms with Crippen LogP contribution in [0.3, 0.4) is 0 Å². The molecule has 1 amide bonds. The van der Waals surface area contributed by atoms with Crippen molar-refractivity contribution in [2.45, 2.75) is 47.2 Å². The first-order valence-corrected chi connectivity index (χ1v) is 14.2. The summed E-state index contributed by atoms with van der Waals surface area (Å²) in [7, 11) is 2.72. The molecule has 0 unspecified atom stereocenters. The summed E-state index contributed by atoms with van der Waals surface area (Å²) in [6.07, 6.45) is 0.610. The summed E-state index contributed by atoms with van der Waals surface area (Å²) in [6, 6.07) is 9.81. The summed E-state index contributed by atoms with van der Waals surface area (Å²) in [6.45, 7) is 8.90. The van der Waals surface area contributed by atoms with Gasteiger partial charge in [0.25, 0.3) is 5.91 Å².